The number of carboxylic acids is 1. The highest BCUT2D eigenvalue weighted by atomic mass is 19.2. The van der Waals surface area contributed by atoms with E-state index in [1.54, 1.807) is 6.92 Å². The molecular formula is C15H19F4NO2. The summed E-state index contributed by atoms with van der Waals surface area (Å²) in [5, 5.41) is 8.96. The molecule has 0 aliphatic rings. The van der Waals surface area contributed by atoms with Gasteiger partial charge in [0.05, 0.1) is 5.92 Å². The monoisotopic (exact) mass is 321 g/mol. The van der Waals surface area contributed by atoms with E-state index in [-0.39, 0.29) is 37.8 Å². The fraction of sp³-hybridized carbons (Fsp3) is 0.533. The minimum absolute atomic E-state index is 0.0385. The number of benzene rings is 1. The van der Waals surface area contributed by atoms with Crippen LogP contribution < -0.4 is 5.73 Å². The Kier molecular flexibility index (Phi) is 6.80. The fourth-order valence-corrected chi connectivity index (χ4v) is 2.38. The lowest BCUT2D eigenvalue weighted by atomic mass is 9.87. The third-order valence-corrected chi connectivity index (χ3v) is 3.83. The van der Waals surface area contributed by atoms with Crippen molar-refractivity contribution in [3.63, 3.8) is 0 Å². The van der Waals surface area contributed by atoms with Gasteiger partial charge in [-0.3, -0.25) is 4.79 Å². The van der Waals surface area contributed by atoms with Gasteiger partial charge in [0.25, 0.3) is 0 Å². The lowest BCUT2D eigenvalue weighted by Gasteiger charge is -2.19. The number of hydrogen-bond acceptors (Lipinski definition) is 2. The van der Waals surface area contributed by atoms with Crippen molar-refractivity contribution in [3.8, 4) is 0 Å². The Balaban J connectivity index is 2.81. The van der Waals surface area contributed by atoms with Gasteiger partial charge in [-0.2, -0.15) is 0 Å². The fourth-order valence-electron chi connectivity index (χ4n) is 2.38. The molecular weight excluding hydrogens is 302 g/mol. The highest BCUT2D eigenvalue weighted by molar-refractivity contribution is 5.70. The first-order valence-electron chi connectivity index (χ1n) is 7.06. The van der Waals surface area contributed by atoms with Crippen molar-refractivity contribution in [1.82, 2.24) is 0 Å². The summed E-state index contributed by atoms with van der Waals surface area (Å²) in [5.41, 5.74) is 4.73. The molecule has 0 radical (unpaired) electrons. The van der Waals surface area contributed by atoms with Crippen molar-refractivity contribution in [1.29, 1.82) is 0 Å². The normalized spacial score (nSPS) is 13.9. The average Bonchev–Trinajstić information content (AvgIpc) is 2.47. The molecule has 2 unspecified atom stereocenters. The van der Waals surface area contributed by atoms with E-state index >= 15 is 0 Å². The molecule has 7 heteroatoms. The molecule has 1 aromatic carbocycles. The Morgan fingerprint density at radius 3 is 2.18 bits per heavy atom. The molecule has 0 aliphatic heterocycles. The molecule has 0 aromatic heterocycles. The second-order valence-corrected chi connectivity index (χ2v) is 5.27. The molecule has 22 heavy (non-hydrogen) atoms. The third kappa shape index (κ3) is 4.43. The summed E-state index contributed by atoms with van der Waals surface area (Å²) in [6, 6.07) is 0.167. The molecule has 0 aliphatic carbocycles. The Morgan fingerprint density at radius 1 is 1.23 bits per heavy atom. The highest BCUT2D eigenvalue weighted by Crippen LogP contribution is 2.25. The van der Waals surface area contributed by atoms with Gasteiger partial charge in [-0.25, -0.2) is 17.6 Å². The summed E-state index contributed by atoms with van der Waals surface area (Å²) in [5.74, 6) is -7.61. The van der Waals surface area contributed by atoms with E-state index in [0.717, 1.165) is 0 Å². The second-order valence-electron chi connectivity index (χ2n) is 5.27. The molecule has 0 saturated carbocycles. The smallest absolute Gasteiger partial charge is 0.307 e. The second kappa shape index (κ2) is 8.12. The maximum Gasteiger partial charge on any atom is 0.307 e. The van der Waals surface area contributed by atoms with Crippen LogP contribution in [0.25, 0.3) is 0 Å². The van der Waals surface area contributed by atoms with Crippen LogP contribution in [0.1, 0.15) is 31.7 Å². The predicted octanol–water partition coefficient (Wildman–Crippen LogP) is 3.25. The van der Waals surface area contributed by atoms with E-state index in [0.29, 0.717) is 6.42 Å². The molecule has 3 nitrogen and oxygen atoms in total. The first-order chi connectivity index (χ1) is 10.3. The van der Waals surface area contributed by atoms with Crippen LogP contribution in [-0.4, -0.2) is 17.6 Å². The van der Waals surface area contributed by atoms with Crippen molar-refractivity contribution in [2.24, 2.45) is 17.6 Å². The van der Waals surface area contributed by atoms with Gasteiger partial charge in [-0.05, 0) is 25.2 Å². The Hall–Kier alpha value is -1.63. The van der Waals surface area contributed by atoms with Crippen molar-refractivity contribution < 1.29 is 27.5 Å². The number of carbonyl (C=O) groups is 1. The molecule has 124 valence electrons. The number of hydrogen-bond donors (Lipinski definition) is 2. The Bertz CT molecular complexity index is 511. The van der Waals surface area contributed by atoms with Gasteiger partial charge in [0.15, 0.2) is 23.3 Å². The van der Waals surface area contributed by atoms with Crippen molar-refractivity contribution in [2.45, 2.75) is 32.6 Å². The summed E-state index contributed by atoms with van der Waals surface area (Å²) in [7, 11) is 0. The molecule has 2 atom stereocenters. The Labute approximate surface area is 126 Å². The average molecular weight is 321 g/mol. The van der Waals surface area contributed by atoms with Gasteiger partial charge >= 0.3 is 5.97 Å². The van der Waals surface area contributed by atoms with E-state index in [4.69, 9.17) is 10.8 Å². The molecule has 0 amide bonds. The van der Waals surface area contributed by atoms with E-state index < -0.39 is 40.7 Å². The van der Waals surface area contributed by atoms with E-state index in [1.165, 1.54) is 0 Å². The van der Waals surface area contributed by atoms with Gasteiger partial charge in [0.1, 0.15) is 0 Å². The van der Waals surface area contributed by atoms with Crippen LogP contribution in [0.4, 0.5) is 17.6 Å². The maximum absolute atomic E-state index is 13.6. The van der Waals surface area contributed by atoms with Gasteiger partial charge < -0.3 is 10.8 Å². The van der Waals surface area contributed by atoms with Crippen LogP contribution in [0, 0.1) is 35.1 Å². The number of aliphatic carboxylic acids is 1. The standard InChI is InChI=1S/C15H19F4NO2/c1-2-8(5-9(7-20)15(21)22)3-4-10-13(18)11(16)6-12(17)14(10)19/h6,8-9H,2-5,7,20H2,1H3,(H,21,22). The van der Waals surface area contributed by atoms with Crippen LogP contribution in [0.5, 0.6) is 0 Å². The lowest BCUT2D eigenvalue weighted by Crippen LogP contribution is -2.26. The number of nitrogens with two attached hydrogens (primary N) is 1. The molecule has 0 spiro atoms. The van der Waals surface area contributed by atoms with Crippen molar-refractivity contribution in [2.75, 3.05) is 6.54 Å². The molecule has 0 saturated heterocycles. The molecule has 1 rings (SSSR count). The predicted molar refractivity (Wildman–Crippen MR) is 73.2 cm³/mol. The van der Waals surface area contributed by atoms with Gasteiger partial charge in [-0.1, -0.05) is 13.3 Å². The molecule has 0 fully saturated rings. The number of carboxylic acid groups (broad SMARTS) is 1. The SMILES string of the molecule is CCC(CCc1c(F)c(F)cc(F)c1F)CC(CN)C(=O)O. The van der Waals surface area contributed by atoms with Crippen LogP contribution in [0.3, 0.4) is 0 Å². The van der Waals surface area contributed by atoms with Crippen LogP contribution in [0.15, 0.2) is 6.07 Å². The first-order valence-corrected chi connectivity index (χ1v) is 7.06. The summed E-state index contributed by atoms with van der Waals surface area (Å²) in [4.78, 5) is 11.0. The zero-order valence-electron chi connectivity index (χ0n) is 12.2. The molecule has 0 heterocycles. The van der Waals surface area contributed by atoms with Crippen molar-refractivity contribution in [3.05, 3.63) is 34.9 Å². The summed E-state index contributed by atoms with van der Waals surface area (Å²) >= 11 is 0. The number of halogens is 4. The zero-order chi connectivity index (χ0) is 16.9. The van der Waals surface area contributed by atoms with Crippen LogP contribution >= 0.6 is 0 Å². The van der Waals surface area contributed by atoms with Gasteiger partial charge in [0, 0.05) is 18.2 Å². The Morgan fingerprint density at radius 2 is 1.77 bits per heavy atom. The summed E-state index contributed by atoms with van der Waals surface area (Å²) < 4.78 is 53.4. The minimum Gasteiger partial charge on any atom is -0.481 e. The van der Waals surface area contributed by atoms with Crippen LogP contribution in [0.2, 0.25) is 0 Å². The zero-order valence-corrected chi connectivity index (χ0v) is 12.2. The largest absolute Gasteiger partial charge is 0.481 e. The third-order valence-electron chi connectivity index (χ3n) is 3.83. The summed E-state index contributed by atoms with van der Waals surface area (Å²) in [6.45, 7) is 1.77. The lowest BCUT2D eigenvalue weighted by molar-refractivity contribution is -0.142. The van der Waals surface area contributed by atoms with E-state index in [1.807, 2.05) is 0 Å². The molecule has 0 bridgehead atoms. The molecule has 1 aromatic rings. The highest BCUT2D eigenvalue weighted by Gasteiger charge is 2.23. The topological polar surface area (TPSA) is 63.3 Å². The van der Waals surface area contributed by atoms with E-state index in [9.17, 15) is 22.4 Å². The molecule has 3 N–H and O–H groups in total. The van der Waals surface area contributed by atoms with Crippen LogP contribution in [-0.2, 0) is 11.2 Å². The number of rotatable bonds is 8. The minimum atomic E-state index is -1.44. The maximum atomic E-state index is 13.6. The first kappa shape index (κ1) is 18.4. The van der Waals surface area contributed by atoms with Gasteiger partial charge in [-0.15, -0.1) is 0 Å². The quantitative estimate of drug-likeness (QED) is 0.571. The van der Waals surface area contributed by atoms with Gasteiger partial charge in [0.2, 0.25) is 0 Å². The van der Waals surface area contributed by atoms with E-state index in [2.05, 4.69) is 0 Å². The van der Waals surface area contributed by atoms with Crippen molar-refractivity contribution >= 4 is 5.97 Å². The summed E-state index contributed by atoms with van der Waals surface area (Å²) in [6.07, 6.45) is 0.840.